The van der Waals surface area contributed by atoms with Gasteiger partial charge in [-0.3, -0.25) is 0 Å². The maximum atomic E-state index is 13.1. The van der Waals surface area contributed by atoms with Gasteiger partial charge >= 0.3 is 0 Å². The average molecular weight is 244 g/mol. The number of nitrogens with two attached hydrogens (primary N) is 1. The van der Waals surface area contributed by atoms with Gasteiger partial charge < -0.3 is 11.1 Å². The van der Waals surface area contributed by atoms with E-state index in [9.17, 15) is 4.39 Å². The first-order valence-electron chi connectivity index (χ1n) is 5.98. The number of anilines is 1. The number of halogens is 1. The molecule has 0 aliphatic rings. The fourth-order valence-corrected chi connectivity index (χ4v) is 1.94. The van der Waals surface area contributed by atoms with Crippen molar-refractivity contribution in [2.75, 3.05) is 11.9 Å². The van der Waals surface area contributed by atoms with Crippen LogP contribution in [0.5, 0.6) is 0 Å². The Hall–Kier alpha value is -1.87. The van der Waals surface area contributed by atoms with Crippen LogP contribution in [0, 0.1) is 12.7 Å². The summed E-state index contributed by atoms with van der Waals surface area (Å²) in [5, 5.41) is 3.25. The van der Waals surface area contributed by atoms with Crippen LogP contribution in [0.15, 0.2) is 48.5 Å². The second-order valence-corrected chi connectivity index (χ2v) is 4.36. The second kappa shape index (κ2) is 5.65. The summed E-state index contributed by atoms with van der Waals surface area (Å²) >= 11 is 0. The summed E-state index contributed by atoms with van der Waals surface area (Å²) in [7, 11) is 0. The van der Waals surface area contributed by atoms with E-state index in [0.29, 0.717) is 6.54 Å². The Morgan fingerprint density at radius 3 is 2.61 bits per heavy atom. The highest BCUT2D eigenvalue weighted by Crippen LogP contribution is 2.20. The molecule has 0 aliphatic heterocycles. The third kappa shape index (κ3) is 3.08. The first-order valence-corrected chi connectivity index (χ1v) is 5.98. The van der Waals surface area contributed by atoms with Crippen molar-refractivity contribution in [3.05, 3.63) is 65.5 Å². The highest BCUT2D eigenvalue weighted by Gasteiger charge is 2.09. The molecular formula is C15H17FN2. The third-order valence-corrected chi connectivity index (χ3v) is 2.85. The van der Waals surface area contributed by atoms with Crippen molar-refractivity contribution in [1.29, 1.82) is 0 Å². The molecule has 2 rings (SSSR count). The van der Waals surface area contributed by atoms with Gasteiger partial charge in [0.05, 0.1) is 6.04 Å². The smallest absolute Gasteiger partial charge is 0.125 e. The van der Waals surface area contributed by atoms with Gasteiger partial charge in [-0.15, -0.1) is 0 Å². The molecule has 0 fully saturated rings. The van der Waals surface area contributed by atoms with Crippen molar-refractivity contribution >= 4 is 5.69 Å². The van der Waals surface area contributed by atoms with E-state index in [-0.39, 0.29) is 11.9 Å². The lowest BCUT2D eigenvalue weighted by Crippen LogP contribution is -2.20. The van der Waals surface area contributed by atoms with E-state index in [1.165, 1.54) is 17.7 Å². The minimum Gasteiger partial charge on any atom is -0.377 e. The molecule has 2 aromatic carbocycles. The average Bonchev–Trinajstić information content (AvgIpc) is 2.36. The van der Waals surface area contributed by atoms with Gasteiger partial charge in [0, 0.05) is 12.2 Å². The van der Waals surface area contributed by atoms with E-state index >= 15 is 0 Å². The Morgan fingerprint density at radius 2 is 1.94 bits per heavy atom. The van der Waals surface area contributed by atoms with Crippen molar-refractivity contribution in [3.8, 4) is 0 Å². The Labute approximate surface area is 107 Å². The van der Waals surface area contributed by atoms with Crippen LogP contribution in [-0.4, -0.2) is 6.54 Å². The molecule has 0 saturated carbocycles. The molecule has 2 nitrogen and oxygen atoms in total. The van der Waals surface area contributed by atoms with Gasteiger partial charge in [-0.2, -0.15) is 0 Å². The summed E-state index contributed by atoms with van der Waals surface area (Å²) in [6.07, 6.45) is 0. The quantitative estimate of drug-likeness (QED) is 0.866. The number of hydrogen-bond donors (Lipinski definition) is 2. The van der Waals surface area contributed by atoms with Crippen molar-refractivity contribution in [2.24, 2.45) is 5.73 Å². The highest BCUT2D eigenvalue weighted by molar-refractivity contribution is 5.46. The zero-order chi connectivity index (χ0) is 13.0. The summed E-state index contributed by atoms with van der Waals surface area (Å²) < 4.78 is 13.1. The van der Waals surface area contributed by atoms with Crippen LogP contribution < -0.4 is 11.1 Å². The lowest BCUT2D eigenvalue weighted by atomic mass is 10.0. The number of benzene rings is 2. The predicted molar refractivity (Wildman–Crippen MR) is 73.0 cm³/mol. The molecule has 0 bridgehead atoms. The number of rotatable bonds is 4. The van der Waals surface area contributed by atoms with Gasteiger partial charge in [-0.05, 0) is 30.7 Å². The van der Waals surface area contributed by atoms with Crippen molar-refractivity contribution in [3.63, 3.8) is 0 Å². The summed E-state index contributed by atoms with van der Waals surface area (Å²) in [6.45, 7) is 2.50. The summed E-state index contributed by atoms with van der Waals surface area (Å²) in [5.41, 5.74) is 8.83. The molecule has 0 aliphatic carbocycles. The number of aryl methyl sites for hydroxylation is 1. The van der Waals surface area contributed by atoms with Crippen molar-refractivity contribution < 1.29 is 4.39 Å². The van der Waals surface area contributed by atoms with Crippen LogP contribution in [0.2, 0.25) is 0 Å². The molecule has 3 heteroatoms. The van der Waals surface area contributed by atoms with Gasteiger partial charge in [-0.1, -0.05) is 35.9 Å². The fraction of sp³-hybridized carbons (Fsp3) is 0.200. The Bertz CT molecular complexity index is 525. The third-order valence-electron chi connectivity index (χ3n) is 2.85. The van der Waals surface area contributed by atoms with E-state index in [1.54, 1.807) is 6.07 Å². The minimum atomic E-state index is -0.250. The molecule has 0 radical (unpaired) electrons. The predicted octanol–water partition coefficient (Wildman–Crippen LogP) is 3.25. The first kappa shape index (κ1) is 12.6. The van der Waals surface area contributed by atoms with Gasteiger partial charge in [0.15, 0.2) is 0 Å². The molecule has 1 atom stereocenters. The zero-order valence-electron chi connectivity index (χ0n) is 10.4. The molecule has 0 spiro atoms. The van der Waals surface area contributed by atoms with Crippen LogP contribution in [0.25, 0.3) is 0 Å². The second-order valence-electron chi connectivity index (χ2n) is 4.36. The Kier molecular flexibility index (Phi) is 3.95. The van der Waals surface area contributed by atoms with Gasteiger partial charge in [0.2, 0.25) is 0 Å². The lowest BCUT2D eigenvalue weighted by molar-refractivity contribution is 0.627. The maximum absolute atomic E-state index is 13.1. The van der Waals surface area contributed by atoms with Crippen LogP contribution in [0.4, 0.5) is 10.1 Å². The monoisotopic (exact) mass is 244 g/mol. The van der Waals surface area contributed by atoms with E-state index in [2.05, 4.69) is 11.4 Å². The molecule has 0 saturated heterocycles. The molecule has 3 N–H and O–H groups in total. The minimum absolute atomic E-state index is 0.00769. The standard InChI is InChI=1S/C15H17FN2/c1-11-4-2-5-12(8-11)15(10-17)18-14-7-3-6-13(16)9-14/h2-9,15,18H,10,17H2,1H3. The van der Waals surface area contributed by atoms with Crippen molar-refractivity contribution in [1.82, 2.24) is 0 Å². The normalized spacial score (nSPS) is 12.2. The lowest BCUT2D eigenvalue weighted by Gasteiger charge is -2.19. The molecule has 2 aromatic rings. The van der Waals surface area contributed by atoms with E-state index in [1.807, 2.05) is 31.2 Å². The maximum Gasteiger partial charge on any atom is 0.125 e. The largest absolute Gasteiger partial charge is 0.377 e. The first-order chi connectivity index (χ1) is 8.69. The van der Waals surface area contributed by atoms with Crippen LogP contribution in [-0.2, 0) is 0 Å². The molecule has 1 unspecified atom stereocenters. The zero-order valence-corrected chi connectivity index (χ0v) is 10.4. The molecular weight excluding hydrogens is 227 g/mol. The van der Waals surface area contributed by atoms with E-state index in [0.717, 1.165) is 11.3 Å². The van der Waals surface area contributed by atoms with Crippen LogP contribution in [0.3, 0.4) is 0 Å². The highest BCUT2D eigenvalue weighted by atomic mass is 19.1. The molecule has 0 aromatic heterocycles. The van der Waals surface area contributed by atoms with E-state index < -0.39 is 0 Å². The number of nitrogens with one attached hydrogen (secondary N) is 1. The SMILES string of the molecule is Cc1cccc(C(CN)Nc2cccc(F)c2)c1. The summed E-state index contributed by atoms with van der Waals surface area (Å²) in [6, 6.07) is 14.6. The fourth-order valence-electron chi connectivity index (χ4n) is 1.94. The van der Waals surface area contributed by atoms with Crippen molar-refractivity contribution in [2.45, 2.75) is 13.0 Å². The van der Waals surface area contributed by atoms with Crippen LogP contribution in [0.1, 0.15) is 17.2 Å². The van der Waals surface area contributed by atoms with Gasteiger partial charge in [-0.25, -0.2) is 4.39 Å². The van der Waals surface area contributed by atoms with Gasteiger partial charge in [0.25, 0.3) is 0 Å². The summed E-state index contributed by atoms with van der Waals surface area (Å²) in [5.74, 6) is -0.250. The molecule has 0 heterocycles. The van der Waals surface area contributed by atoms with Crippen LogP contribution >= 0.6 is 0 Å². The topological polar surface area (TPSA) is 38.0 Å². The Morgan fingerprint density at radius 1 is 1.17 bits per heavy atom. The van der Waals surface area contributed by atoms with E-state index in [4.69, 9.17) is 5.73 Å². The van der Waals surface area contributed by atoms with Gasteiger partial charge in [0.1, 0.15) is 5.82 Å². The Balaban J connectivity index is 2.19. The molecule has 0 amide bonds. The number of hydrogen-bond acceptors (Lipinski definition) is 2. The molecule has 94 valence electrons. The summed E-state index contributed by atoms with van der Waals surface area (Å²) in [4.78, 5) is 0. The molecule has 18 heavy (non-hydrogen) atoms.